The van der Waals surface area contributed by atoms with E-state index in [-0.39, 0.29) is 17.9 Å². The number of ether oxygens (including phenoxy) is 2. The maximum absolute atomic E-state index is 13.9. The molecule has 0 bridgehead atoms. The largest absolute Gasteiger partial charge is 0.493 e. The van der Waals surface area contributed by atoms with Crippen LogP contribution in [-0.4, -0.2) is 25.3 Å². The van der Waals surface area contributed by atoms with Crippen LogP contribution in [0.15, 0.2) is 12.1 Å². The van der Waals surface area contributed by atoms with E-state index in [9.17, 15) is 9.18 Å². The molecule has 5 heteroatoms. The van der Waals surface area contributed by atoms with Crippen LogP contribution < -0.4 is 9.47 Å². The number of carbonyl (C=O) groups is 1. The van der Waals surface area contributed by atoms with Crippen LogP contribution in [0.5, 0.6) is 11.5 Å². The highest BCUT2D eigenvalue weighted by Gasteiger charge is 2.19. The van der Waals surface area contributed by atoms with Crippen molar-refractivity contribution < 1.29 is 23.8 Å². The number of carboxylic acids is 1. The summed E-state index contributed by atoms with van der Waals surface area (Å²) in [6.45, 7) is 1.53. The molecule has 1 unspecified atom stereocenters. The standard InChI is InChI=1S/C12H15FO4/c1-7(12(14)15)6-8-4-5-9(16-2)11(17-3)10(8)13/h4-5,7H,6H2,1-3H3,(H,14,15). The van der Waals surface area contributed by atoms with E-state index in [1.54, 1.807) is 6.07 Å². The number of hydrogen-bond acceptors (Lipinski definition) is 3. The molecule has 0 aliphatic carbocycles. The molecule has 0 saturated carbocycles. The van der Waals surface area contributed by atoms with E-state index >= 15 is 0 Å². The van der Waals surface area contributed by atoms with Crippen LogP contribution in [0.4, 0.5) is 4.39 Å². The molecule has 0 amide bonds. The van der Waals surface area contributed by atoms with Gasteiger partial charge in [0.05, 0.1) is 20.1 Å². The van der Waals surface area contributed by atoms with Gasteiger partial charge in [0.15, 0.2) is 17.3 Å². The first-order chi connectivity index (χ1) is 8.01. The van der Waals surface area contributed by atoms with Gasteiger partial charge in [0.2, 0.25) is 0 Å². The van der Waals surface area contributed by atoms with Crippen molar-refractivity contribution in [2.45, 2.75) is 13.3 Å². The van der Waals surface area contributed by atoms with Crippen LogP contribution in [0.2, 0.25) is 0 Å². The third-order valence-electron chi connectivity index (χ3n) is 2.51. The number of hydrogen-bond donors (Lipinski definition) is 1. The topological polar surface area (TPSA) is 55.8 Å². The molecule has 0 aromatic heterocycles. The van der Waals surface area contributed by atoms with Gasteiger partial charge < -0.3 is 14.6 Å². The molecule has 0 radical (unpaired) electrons. The number of aliphatic carboxylic acids is 1. The Kier molecular flexibility index (Phi) is 4.31. The Morgan fingerprint density at radius 3 is 2.53 bits per heavy atom. The first kappa shape index (κ1) is 13.3. The van der Waals surface area contributed by atoms with Crippen LogP contribution in [0.1, 0.15) is 12.5 Å². The van der Waals surface area contributed by atoms with E-state index in [1.165, 1.54) is 27.2 Å². The molecule has 17 heavy (non-hydrogen) atoms. The van der Waals surface area contributed by atoms with Gasteiger partial charge in [0, 0.05) is 0 Å². The highest BCUT2D eigenvalue weighted by Crippen LogP contribution is 2.32. The van der Waals surface area contributed by atoms with Crippen molar-refractivity contribution in [1.82, 2.24) is 0 Å². The van der Waals surface area contributed by atoms with Crippen LogP contribution in [0.3, 0.4) is 0 Å². The lowest BCUT2D eigenvalue weighted by molar-refractivity contribution is -0.141. The summed E-state index contributed by atoms with van der Waals surface area (Å²) in [5.74, 6) is -1.89. The van der Waals surface area contributed by atoms with Crippen molar-refractivity contribution in [3.63, 3.8) is 0 Å². The van der Waals surface area contributed by atoms with Gasteiger partial charge in [-0.15, -0.1) is 0 Å². The molecule has 1 atom stereocenters. The predicted octanol–water partition coefficient (Wildman–Crippen LogP) is 2.11. The second-order valence-corrected chi connectivity index (χ2v) is 3.72. The lowest BCUT2D eigenvalue weighted by Gasteiger charge is -2.13. The Labute approximate surface area is 99.0 Å². The highest BCUT2D eigenvalue weighted by atomic mass is 19.1. The molecule has 0 saturated heterocycles. The average molecular weight is 242 g/mol. The normalized spacial score (nSPS) is 12.0. The van der Waals surface area contributed by atoms with Crippen molar-refractivity contribution >= 4 is 5.97 Å². The molecule has 0 aliphatic heterocycles. The Hall–Kier alpha value is -1.78. The SMILES string of the molecule is COc1ccc(CC(C)C(=O)O)c(F)c1OC. The molecular formula is C12H15FO4. The van der Waals surface area contributed by atoms with Crippen LogP contribution in [0, 0.1) is 11.7 Å². The Balaban J connectivity index is 3.06. The van der Waals surface area contributed by atoms with Crippen molar-refractivity contribution in [1.29, 1.82) is 0 Å². The Morgan fingerprint density at radius 2 is 2.06 bits per heavy atom. The number of halogens is 1. The van der Waals surface area contributed by atoms with Gasteiger partial charge in [-0.25, -0.2) is 4.39 Å². The van der Waals surface area contributed by atoms with Gasteiger partial charge in [-0.3, -0.25) is 4.79 Å². The smallest absolute Gasteiger partial charge is 0.306 e. The monoisotopic (exact) mass is 242 g/mol. The minimum absolute atomic E-state index is 0.00240. The van der Waals surface area contributed by atoms with Crippen molar-refractivity contribution in [3.05, 3.63) is 23.5 Å². The fourth-order valence-corrected chi connectivity index (χ4v) is 1.50. The molecule has 0 heterocycles. The van der Waals surface area contributed by atoms with E-state index in [2.05, 4.69) is 0 Å². The minimum Gasteiger partial charge on any atom is -0.493 e. The molecule has 0 fully saturated rings. The summed E-state index contributed by atoms with van der Waals surface area (Å²) in [7, 11) is 2.75. The van der Waals surface area contributed by atoms with Gasteiger partial charge in [-0.05, 0) is 18.1 Å². The van der Waals surface area contributed by atoms with Gasteiger partial charge in [0.1, 0.15) is 0 Å². The fourth-order valence-electron chi connectivity index (χ4n) is 1.50. The molecule has 0 spiro atoms. The minimum atomic E-state index is -0.959. The zero-order valence-electron chi connectivity index (χ0n) is 9.99. The molecule has 94 valence electrons. The van der Waals surface area contributed by atoms with Gasteiger partial charge in [-0.2, -0.15) is 0 Å². The first-order valence-corrected chi connectivity index (χ1v) is 5.13. The number of benzene rings is 1. The lowest BCUT2D eigenvalue weighted by Crippen LogP contribution is -2.13. The zero-order chi connectivity index (χ0) is 13.0. The van der Waals surface area contributed by atoms with Crippen molar-refractivity contribution in [2.24, 2.45) is 5.92 Å². The maximum Gasteiger partial charge on any atom is 0.306 e. The first-order valence-electron chi connectivity index (χ1n) is 5.13. The summed E-state index contributed by atoms with van der Waals surface area (Å²) >= 11 is 0. The Morgan fingerprint density at radius 1 is 1.41 bits per heavy atom. The average Bonchev–Trinajstić information content (AvgIpc) is 2.31. The molecule has 1 N–H and O–H groups in total. The zero-order valence-corrected chi connectivity index (χ0v) is 9.99. The summed E-state index contributed by atoms with van der Waals surface area (Å²) in [5, 5.41) is 8.78. The molecule has 1 aromatic carbocycles. The van der Waals surface area contributed by atoms with E-state index in [1.807, 2.05) is 0 Å². The van der Waals surface area contributed by atoms with Crippen LogP contribution in [-0.2, 0) is 11.2 Å². The predicted molar refractivity (Wildman–Crippen MR) is 60.0 cm³/mol. The molecular weight excluding hydrogens is 227 g/mol. The summed E-state index contributed by atoms with van der Waals surface area (Å²) in [6.07, 6.45) is 0.113. The third-order valence-corrected chi connectivity index (χ3v) is 2.51. The summed E-state index contributed by atoms with van der Waals surface area (Å²) in [6, 6.07) is 3.07. The summed E-state index contributed by atoms with van der Waals surface area (Å²) in [4.78, 5) is 10.7. The summed E-state index contributed by atoms with van der Waals surface area (Å²) in [5.41, 5.74) is 0.303. The maximum atomic E-state index is 13.9. The van der Waals surface area contributed by atoms with E-state index < -0.39 is 17.7 Å². The number of carboxylic acid groups (broad SMARTS) is 1. The van der Waals surface area contributed by atoms with Crippen molar-refractivity contribution in [3.8, 4) is 11.5 Å². The Bertz CT molecular complexity index is 417. The quantitative estimate of drug-likeness (QED) is 0.859. The van der Waals surface area contributed by atoms with E-state index in [0.29, 0.717) is 5.56 Å². The fraction of sp³-hybridized carbons (Fsp3) is 0.417. The van der Waals surface area contributed by atoms with E-state index in [4.69, 9.17) is 14.6 Å². The van der Waals surface area contributed by atoms with Gasteiger partial charge in [0.25, 0.3) is 0 Å². The third kappa shape index (κ3) is 2.87. The molecule has 1 rings (SSSR count). The van der Waals surface area contributed by atoms with Crippen LogP contribution >= 0.6 is 0 Å². The number of rotatable bonds is 5. The van der Waals surface area contributed by atoms with Crippen molar-refractivity contribution in [2.75, 3.05) is 14.2 Å². The van der Waals surface area contributed by atoms with Gasteiger partial charge in [-0.1, -0.05) is 13.0 Å². The second-order valence-electron chi connectivity index (χ2n) is 3.72. The van der Waals surface area contributed by atoms with Gasteiger partial charge >= 0.3 is 5.97 Å². The lowest BCUT2D eigenvalue weighted by atomic mass is 10.0. The second kappa shape index (κ2) is 5.52. The van der Waals surface area contributed by atoms with E-state index in [0.717, 1.165) is 0 Å². The number of methoxy groups -OCH3 is 2. The molecule has 0 aliphatic rings. The van der Waals surface area contributed by atoms with Crippen LogP contribution in [0.25, 0.3) is 0 Å². The molecule has 4 nitrogen and oxygen atoms in total. The summed E-state index contributed by atoms with van der Waals surface area (Å²) < 4.78 is 23.8. The molecule has 1 aromatic rings. The highest BCUT2D eigenvalue weighted by molar-refractivity contribution is 5.70.